The Bertz CT molecular complexity index is 2910. The molecule has 0 fully saturated rings. The van der Waals surface area contributed by atoms with E-state index in [4.69, 9.17) is 17.7 Å². The van der Waals surface area contributed by atoms with E-state index in [2.05, 4.69) is 19.9 Å². The minimum atomic E-state index is 0. The summed E-state index contributed by atoms with van der Waals surface area (Å²) in [6, 6.07) is 58.1. The van der Waals surface area contributed by atoms with Crippen molar-refractivity contribution >= 4 is 44.4 Å². The minimum absolute atomic E-state index is 0. The van der Waals surface area contributed by atoms with Gasteiger partial charge in [0.05, 0.1) is 22.3 Å². The molecule has 0 saturated heterocycles. The molecule has 316 valence electrons. The average Bonchev–Trinajstić information content (AvgIpc) is 4.15. The van der Waals surface area contributed by atoms with Crippen molar-refractivity contribution < 1.29 is 64.3 Å². The van der Waals surface area contributed by atoms with Gasteiger partial charge >= 0.3 is 0 Å². The van der Waals surface area contributed by atoms with E-state index in [-0.39, 0.29) is 49.2 Å². The van der Waals surface area contributed by atoms with Crippen LogP contribution < -0.4 is 0 Å². The van der Waals surface area contributed by atoms with Crippen molar-refractivity contribution in [1.29, 1.82) is 0 Å². The van der Waals surface area contributed by atoms with Crippen LogP contribution in [-0.2, 0) is 26.2 Å². The largest absolute Gasteiger partial charge is 0.507 e. The zero-order valence-corrected chi connectivity index (χ0v) is 36.6. The summed E-state index contributed by atoms with van der Waals surface area (Å²) in [5, 5.41) is 38.8. The summed E-state index contributed by atoms with van der Waals surface area (Å²) in [5.74, 6) is 2.48. The Morgan fingerprint density at radius 3 is 0.631 bits per heavy atom. The van der Waals surface area contributed by atoms with Gasteiger partial charge in [-0.25, -0.2) is 19.9 Å². The fourth-order valence-electron chi connectivity index (χ4n) is 6.57. The maximum absolute atomic E-state index is 9.69. The number of hydrogen-bond donors (Lipinski definition) is 4. The van der Waals surface area contributed by atoms with Gasteiger partial charge in [0.15, 0.2) is 22.3 Å². The number of phenolic OH excluding ortho intramolecular Hbond substituents is 4. The molecule has 12 aromatic rings. The zero-order valence-electron chi connectivity index (χ0n) is 34.2. The van der Waals surface area contributed by atoms with Crippen LogP contribution in [0.4, 0.5) is 0 Å². The summed E-state index contributed by atoms with van der Waals surface area (Å²) in [6.07, 6.45) is 0. The smallest absolute Gasteiger partial charge is 0.231 e. The molecule has 4 heterocycles. The van der Waals surface area contributed by atoms with Gasteiger partial charge in [-0.3, -0.25) is 0 Å². The molecule has 0 aliphatic heterocycles. The molecule has 0 amide bonds. The second kappa shape index (κ2) is 19.8. The Hall–Kier alpha value is -8.28. The van der Waals surface area contributed by atoms with Crippen molar-refractivity contribution in [3.8, 4) is 68.8 Å². The molecule has 8 aromatic carbocycles. The molecule has 65 heavy (non-hydrogen) atoms. The maximum Gasteiger partial charge on any atom is 0.231 e. The van der Waals surface area contributed by atoms with Crippen molar-refractivity contribution in [3.05, 3.63) is 194 Å². The number of phenols is 4. The van der Waals surface area contributed by atoms with Crippen molar-refractivity contribution in [1.82, 2.24) is 19.9 Å². The predicted molar refractivity (Wildman–Crippen MR) is 244 cm³/mol. The molecule has 12 rings (SSSR count). The van der Waals surface area contributed by atoms with Crippen molar-refractivity contribution in [3.63, 3.8) is 0 Å². The molecule has 0 bridgehead atoms. The average molecular weight is 936 g/mol. The summed E-state index contributed by atoms with van der Waals surface area (Å²) < 4.78 is 22.3. The van der Waals surface area contributed by atoms with E-state index < -0.39 is 0 Å². The van der Waals surface area contributed by atoms with Gasteiger partial charge in [0.1, 0.15) is 45.1 Å². The Balaban J connectivity index is 0.000000118. The summed E-state index contributed by atoms with van der Waals surface area (Å²) in [6.45, 7) is 0. The van der Waals surface area contributed by atoms with E-state index in [1.54, 1.807) is 72.8 Å². The van der Waals surface area contributed by atoms with Crippen molar-refractivity contribution in [2.45, 2.75) is 0 Å². The molecule has 4 N–H and O–H groups in total. The second-order valence-electron chi connectivity index (χ2n) is 14.0. The number of aromatic nitrogens is 4. The summed E-state index contributed by atoms with van der Waals surface area (Å²) >= 11 is 0. The first-order chi connectivity index (χ1) is 31.4. The number of para-hydroxylation sites is 12. The minimum Gasteiger partial charge on any atom is -0.507 e. The van der Waals surface area contributed by atoms with Crippen LogP contribution in [0.2, 0.25) is 0 Å². The van der Waals surface area contributed by atoms with Crippen LogP contribution in [0.25, 0.3) is 90.2 Å². The van der Waals surface area contributed by atoms with Crippen LogP contribution in [-0.4, -0.2) is 40.4 Å². The van der Waals surface area contributed by atoms with Gasteiger partial charge in [-0.05, 0) is 97.1 Å². The molecule has 12 nitrogen and oxygen atoms in total. The monoisotopic (exact) mass is 934 g/mol. The molecule has 0 aliphatic carbocycles. The predicted octanol–water partition coefficient (Wildman–Crippen LogP) is 12.8. The van der Waals surface area contributed by atoms with E-state index in [1.165, 1.54) is 0 Å². The standard InChI is InChI=1S/4C13H9NO2.Zr/c4*15-11-7-3-1-5-9(11)13-14-10-6-2-4-8-12(10)16-13;/h4*1-8,15H;. The summed E-state index contributed by atoms with van der Waals surface area (Å²) in [5.41, 5.74) is 8.50. The molecular formula is C52H36N4O8Zr. The second-order valence-corrected chi connectivity index (χ2v) is 14.0. The van der Waals surface area contributed by atoms with E-state index in [9.17, 15) is 20.4 Å². The van der Waals surface area contributed by atoms with Crippen LogP contribution in [0.15, 0.2) is 212 Å². The van der Waals surface area contributed by atoms with E-state index >= 15 is 0 Å². The third kappa shape index (κ3) is 9.86. The maximum atomic E-state index is 9.69. The summed E-state index contributed by atoms with van der Waals surface area (Å²) in [4.78, 5) is 17.3. The molecular weight excluding hydrogens is 900 g/mol. The first-order valence-corrected chi connectivity index (χ1v) is 19.9. The van der Waals surface area contributed by atoms with Gasteiger partial charge in [-0.1, -0.05) is 97.1 Å². The number of fused-ring (bicyclic) bond motifs is 4. The fraction of sp³-hybridized carbons (Fsp3) is 0. The first-order valence-electron chi connectivity index (χ1n) is 19.9. The SMILES string of the molecule is Oc1ccccc1-c1nc2ccccc2o1.Oc1ccccc1-c1nc2ccccc2o1.Oc1ccccc1-c1nc2ccccc2o1.Oc1ccccc1-c1nc2ccccc2o1.[Zr]. The molecule has 13 heteroatoms. The number of oxazole rings is 4. The van der Waals surface area contributed by atoms with Gasteiger partial charge in [-0.15, -0.1) is 0 Å². The van der Waals surface area contributed by atoms with Gasteiger partial charge in [0, 0.05) is 26.2 Å². The van der Waals surface area contributed by atoms with Crippen molar-refractivity contribution in [2.24, 2.45) is 0 Å². The number of aromatic hydroxyl groups is 4. The Morgan fingerprint density at radius 1 is 0.246 bits per heavy atom. The first kappa shape index (κ1) is 43.4. The molecule has 0 atom stereocenters. The van der Waals surface area contributed by atoms with Crippen LogP contribution in [0, 0.1) is 0 Å². The van der Waals surface area contributed by atoms with Crippen LogP contribution in [0.5, 0.6) is 23.0 Å². The molecule has 0 saturated carbocycles. The van der Waals surface area contributed by atoms with Gasteiger partial charge in [0.25, 0.3) is 0 Å². The topological polar surface area (TPSA) is 185 Å². The van der Waals surface area contributed by atoms with E-state index in [0.717, 1.165) is 44.4 Å². The fourth-order valence-corrected chi connectivity index (χ4v) is 6.57. The quantitative estimate of drug-likeness (QED) is 0.131. The molecule has 4 aromatic heterocycles. The van der Waals surface area contributed by atoms with Gasteiger partial charge in [0.2, 0.25) is 23.6 Å². The number of benzene rings is 8. The Kier molecular flexibility index (Phi) is 13.2. The van der Waals surface area contributed by atoms with Gasteiger partial charge < -0.3 is 38.1 Å². The van der Waals surface area contributed by atoms with Crippen molar-refractivity contribution in [2.75, 3.05) is 0 Å². The number of hydrogen-bond acceptors (Lipinski definition) is 12. The van der Waals surface area contributed by atoms with E-state index in [1.807, 2.05) is 121 Å². The zero-order chi connectivity index (χ0) is 43.8. The third-order valence-corrected chi connectivity index (χ3v) is 9.71. The Labute approximate surface area is 389 Å². The van der Waals surface area contributed by atoms with E-state index in [0.29, 0.717) is 45.8 Å². The van der Waals surface area contributed by atoms with Gasteiger partial charge in [-0.2, -0.15) is 0 Å². The molecule has 0 radical (unpaired) electrons. The molecule has 0 unspecified atom stereocenters. The molecule has 0 spiro atoms. The number of nitrogens with zero attached hydrogens (tertiary/aromatic N) is 4. The Morgan fingerprint density at radius 2 is 0.431 bits per heavy atom. The van der Waals surface area contributed by atoms with Crippen LogP contribution in [0.1, 0.15) is 0 Å². The van der Waals surface area contributed by atoms with Crippen LogP contribution in [0.3, 0.4) is 0 Å². The normalized spacial score (nSPS) is 10.6. The molecule has 0 aliphatic rings. The van der Waals surface area contributed by atoms with Crippen LogP contribution >= 0.6 is 0 Å². The summed E-state index contributed by atoms with van der Waals surface area (Å²) in [7, 11) is 0. The third-order valence-electron chi connectivity index (χ3n) is 9.71. The number of rotatable bonds is 4.